The van der Waals surface area contributed by atoms with Crippen LogP contribution in [0.2, 0.25) is 0 Å². The number of benzene rings is 1. The molecule has 116 valence electrons. The second-order valence-corrected chi connectivity index (χ2v) is 5.27. The highest BCUT2D eigenvalue weighted by Gasteiger charge is 2.22. The molecule has 2 aromatic rings. The third-order valence-electron chi connectivity index (χ3n) is 3.67. The number of nitrogens with zero attached hydrogens (tertiary/aromatic N) is 2. The van der Waals surface area contributed by atoms with E-state index >= 15 is 0 Å². The Morgan fingerprint density at radius 2 is 2.32 bits per heavy atom. The lowest BCUT2D eigenvalue weighted by Gasteiger charge is -2.24. The fourth-order valence-corrected chi connectivity index (χ4v) is 2.56. The molecule has 1 aliphatic heterocycles. The minimum atomic E-state index is -0.0465. The zero-order valence-electron chi connectivity index (χ0n) is 12.7. The molecule has 0 fully saturated rings. The molecule has 1 amide bonds. The van der Waals surface area contributed by atoms with Gasteiger partial charge >= 0.3 is 0 Å². The fourth-order valence-electron chi connectivity index (χ4n) is 2.56. The van der Waals surface area contributed by atoms with E-state index in [9.17, 15) is 4.79 Å². The number of imidazole rings is 1. The molecule has 3 rings (SSSR count). The Morgan fingerprint density at radius 1 is 1.50 bits per heavy atom. The number of rotatable bonds is 4. The topological polar surface area (TPSA) is 65.4 Å². The van der Waals surface area contributed by atoms with Crippen LogP contribution < -0.4 is 10.1 Å². The number of amides is 1. The summed E-state index contributed by atoms with van der Waals surface area (Å²) < 4.78 is 13.2. The molecular formula is C16H19N3O3. The van der Waals surface area contributed by atoms with Crippen molar-refractivity contribution in [2.45, 2.75) is 26.2 Å². The van der Waals surface area contributed by atoms with Crippen molar-refractivity contribution >= 4 is 5.91 Å². The van der Waals surface area contributed by atoms with Crippen LogP contribution in [0, 0.1) is 0 Å². The second-order valence-electron chi connectivity index (χ2n) is 5.27. The number of fused-ring (bicyclic) bond motifs is 1. The van der Waals surface area contributed by atoms with Gasteiger partial charge in [0.1, 0.15) is 18.2 Å². The van der Waals surface area contributed by atoms with Crippen LogP contribution in [0.15, 0.2) is 30.5 Å². The van der Waals surface area contributed by atoms with Crippen LogP contribution in [0.4, 0.5) is 0 Å². The molecule has 0 saturated heterocycles. The van der Waals surface area contributed by atoms with Gasteiger partial charge in [0.05, 0.1) is 25.5 Å². The molecule has 0 saturated carbocycles. The van der Waals surface area contributed by atoms with E-state index < -0.39 is 0 Å². The number of methoxy groups -OCH3 is 1. The summed E-state index contributed by atoms with van der Waals surface area (Å²) in [6.07, 6.45) is 1.98. The van der Waals surface area contributed by atoms with Gasteiger partial charge in [-0.1, -0.05) is 12.1 Å². The monoisotopic (exact) mass is 301 g/mol. The Kier molecular flexibility index (Phi) is 4.11. The van der Waals surface area contributed by atoms with Crippen LogP contribution in [-0.2, 0) is 22.7 Å². The van der Waals surface area contributed by atoms with E-state index in [0.717, 1.165) is 22.8 Å². The van der Waals surface area contributed by atoms with Gasteiger partial charge in [-0.25, -0.2) is 4.98 Å². The Hall–Kier alpha value is -2.34. The van der Waals surface area contributed by atoms with Crippen molar-refractivity contribution in [2.75, 3.05) is 13.7 Å². The summed E-state index contributed by atoms with van der Waals surface area (Å²) in [5, 5.41) is 2.79. The van der Waals surface area contributed by atoms with Crippen molar-refractivity contribution in [3.8, 4) is 17.0 Å². The van der Waals surface area contributed by atoms with Crippen molar-refractivity contribution in [2.24, 2.45) is 0 Å². The van der Waals surface area contributed by atoms with Gasteiger partial charge < -0.3 is 19.4 Å². The predicted molar refractivity (Wildman–Crippen MR) is 81.5 cm³/mol. The zero-order valence-corrected chi connectivity index (χ0v) is 12.7. The largest absolute Gasteiger partial charge is 0.496 e. The van der Waals surface area contributed by atoms with Gasteiger partial charge in [-0.3, -0.25) is 4.79 Å². The van der Waals surface area contributed by atoms with Crippen molar-refractivity contribution < 1.29 is 14.3 Å². The third kappa shape index (κ3) is 2.96. The number of hydrogen-bond acceptors (Lipinski definition) is 4. The highest BCUT2D eigenvalue weighted by atomic mass is 16.5. The summed E-state index contributed by atoms with van der Waals surface area (Å²) in [7, 11) is 1.65. The summed E-state index contributed by atoms with van der Waals surface area (Å²) in [4.78, 5) is 15.6. The lowest BCUT2D eigenvalue weighted by atomic mass is 10.1. The van der Waals surface area contributed by atoms with Gasteiger partial charge in [-0.2, -0.15) is 0 Å². The van der Waals surface area contributed by atoms with Gasteiger partial charge in [-0.05, 0) is 12.1 Å². The van der Waals surface area contributed by atoms with E-state index in [1.807, 2.05) is 30.5 Å². The third-order valence-corrected chi connectivity index (χ3v) is 3.67. The molecule has 0 radical (unpaired) electrons. The van der Waals surface area contributed by atoms with Crippen molar-refractivity contribution in [1.29, 1.82) is 0 Å². The van der Waals surface area contributed by atoms with Crippen LogP contribution in [0.1, 0.15) is 12.7 Å². The molecule has 1 unspecified atom stereocenters. The molecule has 2 heterocycles. The zero-order chi connectivity index (χ0) is 15.5. The number of nitrogens with one attached hydrogen (secondary N) is 1. The molecule has 6 nitrogen and oxygen atoms in total. The van der Waals surface area contributed by atoms with E-state index in [0.29, 0.717) is 19.7 Å². The summed E-state index contributed by atoms with van der Waals surface area (Å²) >= 11 is 0. The van der Waals surface area contributed by atoms with Crippen molar-refractivity contribution in [1.82, 2.24) is 14.9 Å². The van der Waals surface area contributed by atoms with E-state index in [1.165, 1.54) is 6.92 Å². The van der Waals surface area contributed by atoms with Crippen molar-refractivity contribution in [3.63, 3.8) is 0 Å². The number of hydrogen-bond donors (Lipinski definition) is 1. The average molecular weight is 301 g/mol. The molecule has 1 N–H and O–H groups in total. The van der Waals surface area contributed by atoms with E-state index in [4.69, 9.17) is 9.47 Å². The van der Waals surface area contributed by atoms with E-state index in [1.54, 1.807) is 7.11 Å². The number of aromatic nitrogens is 2. The second kappa shape index (κ2) is 6.19. The molecular weight excluding hydrogens is 282 g/mol. The van der Waals surface area contributed by atoms with Gasteiger partial charge in [0, 0.05) is 25.2 Å². The first-order valence-corrected chi connectivity index (χ1v) is 7.23. The fraction of sp³-hybridized carbons (Fsp3) is 0.375. The molecule has 0 bridgehead atoms. The normalized spacial score (nSPS) is 16.9. The maximum Gasteiger partial charge on any atom is 0.216 e. The minimum absolute atomic E-state index is 0.0314. The van der Waals surface area contributed by atoms with Gasteiger partial charge in [-0.15, -0.1) is 0 Å². The first kappa shape index (κ1) is 14.6. The van der Waals surface area contributed by atoms with Gasteiger partial charge in [0.15, 0.2) is 0 Å². The standard InChI is InChI=1S/C16H19N3O3/c1-11(20)17-7-12-8-19-9-14(18-16(19)10-22-12)13-5-3-4-6-15(13)21-2/h3-6,9,12H,7-8,10H2,1-2H3,(H,17,20). The first-order valence-electron chi connectivity index (χ1n) is 7.23. The lowest BCUT2D eigenvalue weighted by Crippen LogP contribution is -2.37. The van der Waals surface area contributed by atoms with Crippen LogP contribution >= 0.6 is 0 Å². The smallest absolute Gasteiger partial charge is 0.216 e. The molecule has 1 atom stereocenters. The van der Waals surface area contributed by atoms with E-state index in [-0.39, 0.29) is 12.0 Å². The first-order chi connectivity index (χ1) is 10.7. The molecule has 0 spiro atoms. The van der Waals surface area contributed by atoms with Gasteiger partial charge in [0.25, 0.3) is 0 Å². The molecule has 1 aromatic carbocycles. The predicted octanol–water partition coefficient (Wildman–Crippen LogP) is 1.59. The molecule has 1 aliphatic rings. The average Bonchev–Trinajstić information content (AvgIpc) is 2.95. The highest BCUT2D eigenvalue weighted by molar-refractivity contribution is 5.72. The summed E-state index contributed by atoms with van der Waals surface area (Å²) in [5.41, 5.74) is 1.83. The maximum atomic E-state index is 11.0. The Bertz CT molecular complexity index is 681. The Balaban J connectivity index is 1.80. The molecule has 1 aromatic heterocycles. The van der Waals surface area contributed by atoms with Crippen LogP contribution in [0.3, 0.4) is 0 Å². The maximum absolute atomic E-state index is 11.0. The lowest BCUT2D eigenvalue weighted by molar-refractivity contribution is -0.120. The Morgan fingerprint density at radius 3 is 3.09 bits per heavy atom. The number of para-hydroxylation sites is 1. The SMILES string of the molecule is COc1ccccc1-c1cn2c(n1)COC(CNC(C)=O)C2. The van der Waals surface area contributed by atoms with Crippen LogP contribution in [0.5, 0.6) is 5.75 Å². The summed E-state index contributed by atoms with van der Waals surface area (Å²) in [5.74, 6) is 1.64. The molecule has 6 heteroatoms. The van der Waals surface area contributed by atoms with Crippen LogP contribution in [0.25, 0.3) is 11.3 Å². The minimum Gasteiger partial charge on any atom is -0.496 e. The van der Waals surface area contributed by atoms with Crippen LogP contribution in [-0.4, -0.2) is 35.2 Å². The molecule has 22 heavy (non-hydrogen) atoms. The summed E-state index contributed by atoms with van der Waals surface area (Å²) in [6, 6.07) is 7.81. The number of carbonyl (C=O) groups is 1. The number of carbonyl (C=O) groups excluding carboxylic acids is 1. The van der Waals surface area contributed by atoms with Crippen molar-refractivity contribution in [3.05, 3.63) is 36.3 Å². The number of ether oxygens (including phenoxy) is 2. The Labute approximate surface area is 129 Å². The highest BCUT2D eigenvalue weighted by Crippen LogP contribution is 2.29. The van der Waals surface area contributed by atoms with E-state index in [2.05, 4.69) is 14.9 Å². The van der Waals surface area contributed by atoms with Gasteiger partial charge in [0.2, 0.25) is 5.91 Å². The summed E-state index contributed by atoms with van der Waals surface area (Å²) in [6.45, 7) is 3.14. The molecule has 0 aliphatic carbocycles. The quantitative estimate of drug-likeness (QED) is 0.931.